The Kier molecular flexibility index (Phi) is 6.17. The Balaban J connectivity index is 1.34. The molecule has 0 radical (unpaired) electrons. The van der Waals surface area contributed by atoms with E-state index in [9.17, 15) is 19.5 Å². The zero-order chi connectivity index (χ0) is 22.8. The number of carbonyl (C=O) groups excluding carboxylic acids is 2. The average molecular weight is 437 g/mol. The molecule has 1 aliphatic heterocycles. The first-order valence-corrected chi connectivity index (χ1v) is 11.0. The molecule has 2 aliphatic rings. The van der Waals surface area contributed by atoms with Crippen LogP contribution in [0.15, 0.2) is 48.5 Å². The summed E-state index contributed by atoms with van der Waals surface area (Å²) in [5, 5.41) is 11.8. The van der Waals surface area contributed by atoms with Gasteiger partial charge in [-0.25, -0.2) is 4.79 Å². The van der Waals surface area contributed by atoms with Crippen LogP contribution in [-0.2, 0) is 14.3 Å². The second kappa shape index (κ2) is 9.02. The molecule has 7 nitrogen and oxygen atoms in total. The maximum absolute atomic E-state index is 12.8. The van der Waals surface area contributed by atoms with Gasteiger partial charge in [-0.05, 0) is 48.9 Å². The number of aliphatic carboxylic acids is 1. The monoisotopic (exact) mass is 436 g/mol. The molecular formula is C25H28N2O5. The van der Waals surface area contributed by atoms with Crippen LogP contribution in [0.4, 0.5) is 4.79 Å². The van der Waals surface area contributed by atoms with Crippen molar-refractivity contribution in [1.29, 1.82) is 0 Å². The van der Waals surface area contributed by atoms with Crippen molar-refractivity contribution in [3.05, 3.63) is 59.7 Å². The number of piperidine rings is 1. The fourth-order valence-corrected chi connectivity index (χ4v) is 4.85. The third-order valence-corrected chi connectivity index (χ3v) is 6.56. The van der Waals surface area contributed by atoms with E-state index in [1.807, 2.05) is 31.2 Å². The van der Waals surface area contributed by atoms with E-state index in [1.54, 1.807) is 11.8 Å². The molecule has 168 valence electrons. The maximum Gasteiger partial charge on any atom is 0.407 e. The highest BCUT2D eigenvalue weighted by molar-refractivity contribution is 5.86. The topological polar surface area (TPSA) is 95.9 Å². The highest BCUT2D eigenvalue weighted by Gasteiger charge is 2.35. The van der Waals surface area contributed by atoms with Crippen LogP contribution in [0.5, 0.6) is 0 Å². The number of carbonyl (C=O) groups is 3. The first-order valence-electron chi connectivity index (χ1n) is 11.0. The predicted molar refractivity (Wildman–Crippen MR) is 119 cm³/mol. The van der Waals surface area contributed by atoms with E-state index in [-0.39, 0.29) is 24.5 Å². The first-order chi connectivity index (χ1) is 15.4. The van der Waals surface area contributed by atoms with Crippen LogP contribution in [0.1, 0.15) is 43.7 Å². The number of rotatable bonds is 5. The van der Waals surface area contributed by atoms with Crippen molar-refractivity contribution in [3.8, 4) is 11.1 Å². The molecule has 0 aromatic heterocycles. The molecule has 2 unspecified atom stereocenters. The van der Waals surface area contributed by atoms with Gasteiger partial charge in [0.1, 0.15) is 12.6 Å². The van der Waals surface area contributed by atoms with E-state index >= 15 is 0 Å². The van der Waals surface area contributed by atoms with E-state index in [2.05, 4.69) is 29.6 Å². The second-order valence-electron chi connectivity index (χ2n) is 8.63. The summed E-state index contributed by atoms with van der Waals surface area (Å²) in [5.41, 5.74) is 4.56. The molecule has 1 aliphatic carbocycles. The Bertz CT molecular complexity index is 991. The number of fused-ring (bicyclic) bond motifs is 3. The molecule has 2 aromatic rings. The van der Waals surface area contributed by atoms with Gasteiger partial charge in [0.15, 0.2) is 0 Å². The lowest BCUT2D eigenvalue weighted by atomic mass is 9.91. The molecule has 0 spiro atoms. The Morgan fingerprint density at radius 2 is 1.69 bits per heavy atom. The number of ether oxygens (including phenoxy) is 1. The van der Waals surface area contributed by atoms with E-state index in [1.165, 1.54) is 0 Å². The van der Waals surface area contributed by atoms with Crippen molar-refractivity contribution >= 4 is 18.0 Å². The zero-order valence-corrected chi connectivity index (χ0v) is 18.3. The highest BCUT2D eigenvalue weighted by atomic mass is 16.5. The van der Waals surface area contributed by atoms with Crippen molar-refractivity contribution in [3.63, 3.8) is 0 Å². The van der Waals surface area contributed by atoms with Crippen molar-refractivity contribution in [1.82, 2.24) is 10.2 Å². The Hall–Kier alpha value is -3.35. The molecule has 1 saturated heterocycles. The van der Waals surface area contributed by atoms with Gasteiger partial charge < -0.3 is 20.1 Å². The van der Waals surface area contributed by atoms with Crippen molar-refractivity contribution in [2.24, 2.45) is 5.92 Å². The quantitative estimate of drug-likeness (QED) is 0.746. The molecule has 0 saturated carbocycles. The highest BCUT2D eigenvalue weighted by Crippen LogP contribution is 2.44. The Labute approximate surface area is 187 Å². The Morgan fingerprint density at radius 1 is 1.09 bits per heavy atom. The second-order valence-corrected chi connectivity index (χ2v) is 8.63. The van der Waals surface area contributed by atoms with Crippen LogP contribution in [0.2, 0.25) is 0 Å². The lowest BCUT2D eigenvalue weighted by molar-refractivity contribution is -0.147. The van der Waals surface area contributed by atoms with Crippen molar-refractivity contribution < 1.29 is 24.2 Å². The number of amides is 2. The number of alkyl carbamates (subject to hydrolysis) is 1. The van der Waals surface area contributed by atoms with Crippen LogP contribution in [0, 0.1) is 5.92 Å². The summed E-state index contributed by atoms with van der Waals surface area (Å²) in [6, 6.07) is 15.3. The van der Waals surface area contributed by atoms with Crippen LogP contribution < -0.4 is 5.32 Å². The molecule has 2 aromatic carbocycles. The Morgan fingerprint density at radius 3 is 2.25 bits per heavy atom. The number of nitrogens with one attached hydrogen (secondary N) is 1. The minimum atomic E-state index is -0.825. The fourth-order valence-electron chi connectivity index (χ4n) is 4.85. The van der Waals surface area contributed by atoms with Gasteiger partial charge in [-0.2, -0.15) is 0 Å². The molecule has 1 fully saturated rings. The molecule has 3 atom stereocenters. The lowest BCUT2D eigenvalue weighted by Gasteiger charge is -2.37. The largest absolute Gasteiger partial charge is 0.481 e. The third kappa shape index (κ3) is 4.20. The summed E-state index contributed by atoms with van der Waals surface area (Å²) in [6.07, 6.45) is 0.197. The number of carboxylic acids is 1. The van der Waals surface area contributed by atoms with Crippen LogP contribution in [-0.4, -0.2) is 53.2 Å². The molecule has 2 N–H and O–H groups in total. The van der Waals surface area contributed by atoms with Crippen molar-refractivity contribution in [2.75, 3.05) is 13.2 Å². The maximum atomic E-state index is 12.8. The summed E-state index contributed by atoms with van der Waals surface area (Å²) in [6.45, 7) is 4.02. The van der Waals surface area contributed by atoms with Gasteiger partial charge in [-0.1, -0.05) is 48.5 Å². The minimum Gasteiger partial charge on any atom is -0.481 e. The van der Waals surface area contributed by atoms with Crippen LogP contribution >= 0.6 is 0 Å². The van der Waals surface area contributed by atoms with E-state index < -0.39 is 24.0 Å². The van der Waals surface area contributed by atoms with Gasteiger partial charge in [0.2, 0.25) is 5.91 Å². The summed E-state index contributed by atoms with van der Waals surface area (Å²) in [7, 11) is 0. The number of nitrogens with zero attached hydrogens (tertiary/aromatic N) is 1. The van der Waals surface area contributed by atoms with E-state index in [0.29, 0.717) is 19.4 Å². The zero-order valence-electron chi connectivity index (χ0n) is 18.3. The van der Waals surface area contributed by atoms with Gasteiger partial charge in [-0.3, -0.25) is 9.59 Å². The van der Waals surface area contributed by atoms with Gasteiger partial charge in [0.25, 0.3) is 0 Å². The van der Waals surface area contributed by atoms with Crippen LogP contribution in [0.3, 0.4) is 0 Å². The fraction of sp³-hybridized carbons (Fsp3) is 0.400. The molecule has 0 bridgehead atoms. The lowest BCUT2D eigenvalue weighted by Crippen LogP contribution is -2.53. The summed E-state index contributed by atoms with van der Waals surface area (Å²) < 4.78 is 5.52. The standard InChI is InChI=1S/C25H28N2O5/c1-15-13-17(24(29)30)11-12-27(15)23(28)16(2)26-25(31)32-14-22-20-9-5-3-7-18(20)19-8-4-6-10-21(19)22/h3-10,15-17,22H,11-14H2,1-2H3,(H,26,31)(H,29,30)/t15?,16-,17?/m0/s1. The number of carboxylic acid groups (broad SMARTS) is 1. The van der Waals surface area contributed by atoms with E-state index in [4.69, 9.17) is 4.74 Å². The number of hydrogen-bond donors (Lipinski definition) is 2. The average Bonchev–Trinajstić information content (AvgIpc) is 3.11. The normalized spacial score (nSPS) is 20.8. The number of likely N-dealkylation sites (tertiary alicyclic amines) is 1. The SMILES string of the molecule is CC1CC(C(=O)O)CCN1C(=O)[C@H](C)NC(=O)OCC1c2ccccc2-c2ccccc21. The number of benzene rings is 2. The summed E-state index contributed by atoms with van der Waals surface area (Å²) >= 11 is 0. The molecular weight excluding hydrogens is 408 g/mol. The molecule has 7 heteroatoms. The number of hydrogen-bond acceptors (Lipinski definition) is 4. The van der Waals surface area contributed by atoms with Gasteiger partial charge in [-0.15, -0.1) is 0 Å². The van der Waals surface area contributed by atoms with Gasteiger partial charge >= 0.3 is 12.1 Å². The summed E-state index contributed by atoms with van der Waals surface area (Å²) in [4.78, 5) is 38.1. The summed E-state index contributed by atoms with van der Waals surface area (Å²) in [5.74, 6) is -1.53. The molecule has 2 amide bonds. The van der Waals surface area contributed by atoms with Gasteiger partial charge in [0, 0.05) is 18.5 Å². The molecule has 1 heterocycles. The third-order valence-electron chi connectivity index (χ3n) is 6.56. The smallest absolute Gasteiger partial charge is 0.407 e. The van der Waals surface area contributed by atoms with Gasteiger partial charge in [0.05, 0.1) is 5.92 Å². The minimum absolute atomic E-state index is 0.0470. The first kappa shape index (κ1) is 21.9. The van der Waals surface area contributed by atoms with Crippen molar-refractivity contribution in [2.45, 2.75) is 44.7 Å². The molecule has 4 rings (SSSR count). The molecule has 32 heavy (non-hydrogen) atoms. The predicted octanol–water partition coefficient (Wildman–Crippen LogP) is 3.63. The van der Waals surface area contributed by atoms with E-state index in [0.717, 1.165) is 22.3 Å². The van der Waals surface area contributed by atoms with Crippen LogP contribution in [0.25, 0.3) is 11.1 Å².